The van der Waals surface area contributed by atoms with Crippen LogP contribution >= 0.6 is 0 Å². The Morgan fingerprint density at radius 3 is 2.78 bits per heavy atom. The molecule has 0 radical (unpaired) electrons. The van der Waals surface area contributed by atoms with Gasteiger partial charge in [-0.25, -0.2) is 0 Å². The summed E-state index contributed by atoms with van der Waals surface area (Å²) in [5.41, 5.74) is 0.0314. The average molecular weight is 269 g/mol. The van der Waals surface area contributed by atoms with Gasteiger partial charge in [-0.3, -0.25) is 9.82 Å². The zero-order valence-corrected chi connectivity index (χ0v) is 10.2. The Balaban J connectivity index is 2.35. The highest BCUT2D eigenvalue weighted by atomic mass is 32.2. The van der Waals surface area contributed by atoms with Crippen LogP contribution in [0.15, 0.2) is 35.5 Å². The summed E-state index contributed by atoms with van der Waals surface area (Å²) in [5.74, 6) is 0.231. The standard InChI is InChI=1S/C10H11N3O4S/c1-17-7-2-3-9(14)8(6-7)13-18(15,16)10-4-5-11-12-10/h2-6,13-14H,1H3,(H,11,12). The highest BCUT2D eigenvalue weighted by Gasteiger charge is 2.17. The minimum absolute atomic E-state index is 0.0314. The van der Waals surface area contributed by atoms with E-state index in [1.54, 1.807) is 0 Å². The number of H-pyrrole nitrogens is 1. The van der Waals surface area contributed by atoms with Gasteiger partial charge >= 0.3 is 0 Å². The van der Waals surface area contributed by atoms with Crippen LogP contribution in [0, 0.1) is 0 Å². The number of hydrogen-bond donors (Lipinski definition) is 3. The van der Waals surface area contributed by atoms with Crippen LogP contribution in [-0.4, -0.2) is 30.8 Å². The zero-order chi connectivity index (χ0) is 13.2. The van der Waals surface area contributed by atoms with Crippen LogP contribution in [-0.2, 0) is 10.0 Å². The molecule has 3 N–H and O–H groups in total. The van der Waals surface area contributed by atoms with Crippen molar-refractivity contribution in [3.05, 3.63) is 30.5 Å². The van der Waals surface area contributed by atoms with Crippen LogP contribution in [0.4, 0.5) is 5.69 Å². The van der Waals surface area contributed by atoms with Crippen LogP contribution in [0.1, 0.15) is 0 Å². The summed E-state index contributed by atoms with van der Waals surface area (Å²) >= 11 is 0. The first kappa shape index (κ1) is 12.2. The number of nitrogens with zero attached hydrogens (tertiary/aromatic N) is 1. The molecule has 0 amide bonds. The monoisotopic (exact) mass is 269 g/mol. The summed E-state index contributed by atoms with van der Waals surface area (Å²) in [5, 5.41) is 15.4. The lowest BCUT2D eigenvalue weighted by atomic mass is 10.3. The number of ether oxygens (including phenoxy) is 1. The van der Waals surface area contributed by atoms with Crippen molar-refractivity contribution in [1.82, 2.24) is 10.2 Å². The molecule has 18 heavy (non-hydrogen) atoms. The van der Waals surface area contributed by atoms with Gasteiger partial charge < -0.3 is 9.84 Å². The van der Waals surface area contributed by atoms with Gasteiger partial charge in [-0.2, -0.15) is 13.5 Å². The number of hydrogen-bond acceptors (Lipinski definition) is 5. The van der Waals surface area contributed by atoms with Gasteiger partial charge in [0.1, 0.15) is 11.5 Å². The van der Waals surface area contributed by atoms with Crippen molar-refractivity contribution in [3.63, 3.8) is 0 Å². The van der Waals surface area contributed by atoms with Gasteiger partial charge in [0.15, 0.2) is 5.03 Å². The molecule has 1 heterocycles. The first-order valence-electron chi connectivity index (χ1n) is 4.92. The smallest absolute Gasteiger partial charge is 0.278 e. The van der Waals surface area contributed by atoms with E-state index in [4.69, 9.17) is 4.74 Å². The number of benzene rings is 1. The van der Waals surface area contributed by atoms with Gasteiger partial charge in [0.05, 0.1) is 19.0 Å². The molecule has 7 nitrogen and oxygen atoms in total. The Morgan fingerprint density at radius 1 is 1.39 bits per heavy atom. The molecule has 0 saturated heterocycles. The molecule has 8 heteroatoms. The summed E-state index contributed by atoms with van der Waals surface area (Å²) < 4.78 is 30.9. The Kier molecular flexibility index (Phi) is 3.11. The number of anilines is 1. The van der Waals surface area contributed by atoms with Crippen molar-refractivity contribution in [2.24, 2.45) is 0 Å². The third-order valence-electron chi connectivity index (χ3n) is 2.21. The third-order valence-corrected chi connectivity index (χ3v) is 3.51. The maximum absolute atomic E-state index is 11.9. The van der Waals surface area contributed by atoms with Crippen LogP contribution in [0.3, 0.4) is 0 Å². The van der Waals surface area contributed by atoms with E-state index < -0.39 is 10.0 Å². The molecule has 0 aliphatic heterocycles. The van der Waals surface area contributed by atoms with Crippen LogP contribution < -0.4 is 9.46 Å². The lowest BCUT2D eigenvalue weighted by molar-refractivity contribution is 0.413. The summed E-state index contributed by atoms with van der Waals surface area (Å²) in [7, 11) is -2.36. The number of aromatic amines is 1. The molecule has 0 aliphatic rings. The van der Waals surface area contributed by atoms with E-state index in [1.165, 1.54) is 37.6 Å². The predicted molar refractivity (Wildman–Crippen MR) is 64.1 cm³/mol. The molecule has 0 spiro atoms. The molecule has 2 aromatic rings. The number of aromatic hydroxyl groups is 1. The van der Waals surface area contributed by atoms with E-state index in [-0.39, 0.29) is 16.5 Å². The Bertz CT molecular complexity index is 637. The van der Waals surface area contributed by atoms with Crippen molar-refractivity contribution in [2.45, 2.75) is 5.03 Å². The SMILES string of the molecule is COc1ccc(O)c(NS(=O)(=O)c2ccn[nH]2)c1. The van der Waals surface area contributed by atoms with Crippen LogP contribution in [0.25, 0.3) is 0 Å². The number of phenolic OH excluding ortho intramolecular Hbond substituents is 1. The van der Waals surface area contributed by atoms with Crippen molar-refractivity contribution in [2.75, 3.05) is 11.8 Å². The summed E-state index contributed by atoms with van der Waals surface area (Å²) in [6.07, 6.45) is 1.32. The van der Waals surface area contributed by atoms with E-state index in [0.717, 1.165) is 0 Å². The molecule has 0 saturated carbocycles. The molecule has 0 bridgehead atoms. The van der Waals surface area contributed by atoms with Gasteiger partial charge in [-0.1, -0.05) is 0 Å². The topological polar surface area (TPSA) is 104 Å². The molecule has 1 aromatic carbocycles. The summed E-state index contributed by atoms with van der Waals surface area (Å²) in [6, 6.07) is 5.54. The number of nitrogens with one attached hydrogen (secondary N) is 2. The molecule has 96 valence electrons. The van der Waals surface area contributed by atoms with E-state index in [0.29, 0.717) is 5.75 Å². The fourth-order valence-corrected chi connectivity index (χ4v) is 2.29. The molecule has 2 rings (SSSR count). The van der Waals surface area contributed by atoms with Crippen molar-refractivity contribution in [1.29, 1.82) is 0 Å². The van der Waals surface area contributed by atoms with Crippen molar-refractivity contribution in [3.8, 4) is 11.5 Å². The quantitative estimate of drug-likeness (QED) is 0.716. The molecule has 0 unspecified atom stereocenters. The maximum Gasteiger partial charge on any atom is 0.278 e. The fourth-order valence-electron chi connectivity index (χ4n) is 1.32. The maximum atomic E-state index is 11.9. The van der Waals surface area contributed by atoms with Gasteiger partial charge in [-0.05, 0) is 18.2 Å². The number of phenols is 1. The van der Waals surface area contributed by atoms with E-state index in [2.05, 4.69) is 14.9 Å². The Hall–Kier alpha value is -2.22. The first-order chi connectivity index (χ1) is 8.53. The second-order valence-electron chi connectivity index (χ2n) is 3.41. The van der Waals surface area contributed by atoms with E-state index in [9.17, 15) is 13.5 Å². The van der Waals surface area contributed by atoms with Crippen molar-refractivity contribution < 1.29 is 18.3 Å². The Labute approximate surface area is 103 Å². The number of aromatic nitrogens is 2. The molecule has 0 aliphatic carbocycles. The highest BCUT2D eigenvalue weighted by molar-refractivity contribution is 7.92. The molecule has 0 fully saturated rings. The third kappa shape index (κ3) is 2.38. The van der Waals surface area contributed by atoms with Crippen LogP contribution in [0.5, 0.6) is 11.5 Å². The summed E-state index contributed by atoms with van der Waals surface area (Å²) in [4.78, 5) is 0. The van der Waals surface area contributed by atoms with Crippen LogP contribution in [0.2, 0.25) is 0 Å². The lowest BCUT2D eigenvalue weighted by Crippen LogP contribution is -2.13. The first-order valence-corrected chi connectivity index (χ1v) is 6.40. The number of sulfonamides is 1. The van der Waals surface area contributed by atoms with Gasteiger partial charge in [0.2, 0.25) is 0 Å². The minimum atomic E-state index is -3.80. The number of methoxy groups -OCH3 is 1. The fraction of sp³-hybridized carbons (Fsp3) is 0.100. The van der Waals surface area contributed by atoms with E-state index in [1.807, 2.05) is 0 Å². The highest BCUT2D eigenvalue weighted by Crippen LogP contribution is 2.29. The number of rotatable bonds is 4. The second-order valence-corrected chi connectivity index (χ2v) is 5.06. The van der Waals surface area contributed by atoms with Gasteiger partial charge in [0, 0.05) is 6.07 Å². The molecular formula is C10H11N3O4S. The Morgan fingerprint density at radius 2 is 2.17 bits per heavy atom. The second kappa shape index (κ2) is 4.57. The van der Waals surface area contributed by atoms with Gasteiger partial charge in [0.25, 0.3) is 10.0 Å². The molecule has 1 aromatic heterocycles. The average Bonchev–Trinajstić information content (AvgIpc) is 2.86. The van der Waals surface area contributed by atoms with Crippen molar-refractivity contribution >= 4 is 15.7 Å². The largest absolute Gasteiger partial charge is 0.506 e. The predicted octanol–water partition coefficient (Wildman–Crippen LogP) is 0.925. The molecule has 0 atom stereocenters. The van der Waals surface area contributed by atoms with E-state index >= 15 is 0 Å². The zero-order valence-electron chi connectivity index (χ0n) is 9.41. The molecular weight excluding hydrogens is 258 g/mol. The van der Waals surface area contributed by atoms with Gasteiger partial charge in [-0.15, -0.1) is 0 Å². The minimum Gasteiger partial charge on any atom is -0.506 e. The lowest BCUT2D eigenvalue weighted by Gasteiger charge is -2.09. The summed E-state index contributed by atoms with van der Waals surface area (Å²) in [6.45, 7) is 0. The normalized spacial score (nSPS) is 11.2.